The molecule has 0 aliphatic carbocycles. The third-order valence-corrected chi connectivity index (χ3v) is 4.89. The number of halogens is 6. The van der Waals surface area contributed by atoms with Gasteiger partial charge in [0.15, 0.2) is 6.35 Å². The number of alkyl halides is 6. The van der Waals surface area contributed by atoms with Crippen LogP contribution in [0.15, 0.2) is 24.3 Å². The Morgan fingerprint density at radius 1 is 1.14 bits per heavy atom. The topological polar surface area (TPSA) is 76.6 Å². The third-order valence-electron chi connectivity index (χ3n) is 4.89. The number of carbonyl (C=O) groups is 1. The van der Waals surface area contributed by atoms with Crippen LogP contribution >= 0.6 is 0 Å². The number of hydrogen-bond donors (Lipinski definition) is 4. The van der Waals surface area contributed by atoms with E-state index >= 15 is 0 Å². The predicted octanol–water partition coefficient (Wildman–Crippen LogP) is 1.85. The summed E-state index contributed by atoms with van der Waals surface area (Å²) in [5, 5.41) is 15.8. The molecule has 2 aliphatic rings. The minimum absolute atomic E-state index is 0.397. The van der Waals surface area contributed by atoms with Crippen LogP contribution in [-0.4, -0.2) is 40.8 Å². The molecule has 0 spiro atoms. The van der Waals surface area contributed by atoms with E-state index in [0.717, 1.165) is 12.1 Å². The molecular weight excluding hydrogens is 394 g/mol. The fourth-order valence-electron chi connectivity index (χ4n) is 3.58. The Kier molecular flexibility index (Phi) is 5.34. The van der Waals surface area contributed by atoms with Gasteiger partial charge in [-0.3, -0.25) is 10.1 Å². The number of carbonyl (C=O) groups excluding carboxylic acids is 1. The van der Waals surface area contributed by atoms with Gasteiger partial charge in [-0.1, -0.05) is 12.1 Å². The third kappa shape index (κ3) is 4.24. The average Bonchev–Trinajstić information content (AvgIpc) is 2.90. The minimum Gasteiger partial charge on any atom is -0.361 e. The number of fused-ring (bicyclic) bond motifs is 1. The lowest BCUT2D eigenvalue weighted by atomic mass is 9.93. The van der Waals surface area contributed by atoms with Gasteiger partial charge in [0.25, 0.3) is 0 Å². The van der Waals surface area contributed by atoms with Gasteiger partial charge in [0.2, 0.25) is 5.91 Å². The molecule has 0 aromatic heterocycles. The van der Waals surface area contributed by atoms with Gasteiger partial charge >= 0.3 is 12.4 Å². The number of aliphatic hydroxyl groups is 1. The van der Waals surface area contributed by atoms with Crippen molar-refractivity contribution in [2.75, 3.05) is 0 Å². The van der Waals surface area contributed by atoms with Gasteiger partial charge in [-0.25, -0.2) is 10.4 Å². The molecule has 156 valence electrons. The molecule has 6 nitrogen and oxygen atoms in total. The van der Waals surface area contributed by atoms with Crippen molar-refractivity contribution in [3.05, 3.63) is 35.4 Å². The van der Waals surface area contributed by atoms with Crippen molar-refractivity contribution in [3.63, 3.8) is 0 Å². The number of aliphatic hydroxyl groups excluding tert-OH is 1. The maximum atomic E-state index is 12.9. The van der Waals surface area contributed by atoms with Crippen molar-refractivity contribution < 1.29 is 36.2 Å². The zero-order valence-corrected chi connectivity index (χ0v) is 14.5. The van der Waals surface area contributed by atoms with E-state index in [-0.39, 0.29) is 0 Å². The Bertz CT molecular complexity index is 723. The first-order chi connectivity index (χ1) is 12.9. The molecule has 5 unspecified atom stereocenters. The number of rotatable bonds is 3. The Balaban J connectivity index is 1.86. The highest BCUT2D eigenvalue weighted by atomic mass is 19.4. The molecule has 28 heavy (non-hydrogen) atoms. The van der Waals surface area contributed by atoms with Crippen molar-refractivity contribution in [1.29, 1.82) is 0 Å². The van der Waals surface area contributed by atoms with Crippen LogP contribution in [0.3, 0.4) is 0 Å². The van der Waals surface area contributed by atoms with E-state index in [1.54, 1.807) is 6.92 Å². The number of hydrogen-bond acceptors (Lipinski definition) is 5. The molecule has 0 radical (unpaired) electrons. The summed E-state index contributed by atoms with van der Waals surface area (Å²) in [7, 11) is 0. The second-order valence-electron chi connectivity index (χ2n) is 6.81. The van der Waals surface area contributed by atoms with Crippen molar-refractivity contribution >= 4 is 5.91 Å². The molecule has 1 aromatic carbocycles. The van der Waals surface area contributed by atoms with Crippen molar-refractivity contribution in [2.24, 2.45) is 5.92 Å². The Hall–Kier alpha value is -1.89. The molecule has 0 bridgehead atoms. The number of amides is 1. The first-order valence-electron chi connectivity index (χ1n) is 8.40. The Labute approximate surface area is 155 Å². The van der Waals surface area contributed by atoms with Crippen LogP contribution in [0.5, 0.6) is 0 Å². The quantitative estimate of drug-likeness (QED) is 0.571. The molecule has 1 aromatic rings. The maximum absolute atomic E-state index is 12.9. The van der Waals surface area contributed by atoms with E-state index in [9.17, 15) is 36.2 Å². The fourth-order valence-corrected chi connectivity index (χ4v) is 3.58. The monoisotopic (exact) mass is 412 g/mol. The standard InChI is InChI=1S/C16H18F6N4O2/c1-7(8-2-4-9(5-3-8)16(20,21)22)26-12-11(13(27)24-14(28)23-12)10(25-26)6-15(17,18)19/h2-5,7,10-12,14,23,25,28H,6H2,1H3,(H,24,27). The number of hydrazine groups is 1. The molecule has 4 N–H and O–H groups in total. The lowest BCUT2D eigenvalue weighted by molar-refractivity contribution is -0.147. The normalized spacial score (nSPS) is 30.1. The summed E-state index contributed by atoms with van der Waals surface area (Å²) in [5.74, 6) is -1.90. The van der Waals surface area contributed by atoms with Gasteiger partial charge in [0.1, 0.15) is 0 Å². The van der Waals surface area contributed by atoms with Gasteiger partial charge in [0, 0.05) is 12.1 Å². The highest BCUT2D eigenvalue weighted by Gasteiger charge is 2.53. The highest BCUT2D eigenvalue weighted by molar-refractivity contribution is 5.81. The number of nitrogens with one attached hydrogen (secondary N) is 3. The minimum atomic E-state index is -4.54. The van der Waals surface area contributed by atoms with E-state index in [0.29, 0.717) is 5.56 Å². The average molecular weight is 412 g/mol. The zero-order chi connectivity index (χ0) is 20.9. The molecule has 5 atom stereocenters. The number of nitrogens with zero attached hydrogens (tertiary/aromatic N) is 1. The van der Waals surface area contributed by atoms with Crippen molar-refractivity contribution in [3.8, 4) is 0 Å². The van der Waals surface area contributed by atoms with Gasteiger partial charge in [-0.05, 0) is 24.6 Å². The SMILES string of the molecule is CC(c1ccc(C(F)(F)F)cc1)N1NC(CC(F)(F)F)C2C(=O)NC(O)NC21. The lowest BCUT2D eigenvalue weighted by Gasteiger charge is -2.37. The van der Waals surface area contributed by atoms with Crippen LogP contribution in [0.1, 0.15) is 30.5 Å². The summed E-state index contributed by atoms with van der Waals surface area (Å²) in [6.07, 6.45) is -12.8. The van der Waals surface area contributed by atoms with Crippen LogP contribution in [0.25, 0.3) is 0 Å². The molecule has 0 saturated carbocycles. The summed E-state index contributed by atoms with van der Waals surface area (Å²) in [4.78, 5) is 12.2. The van der Waals surface area contributed by atoms with Crippen LogP contribution in [0, 0.1) is 5.92 Å². The molecule has 1 amide bonds. The molecule has 2 saturated heterocycles. The second-order valence-corrected chi connectivity index (χ2v) is 6.81. The van der Waals surface area contributed by atoms with Gasteiger partial charge in [-0.15, -0.1) is 0 Å². The fraction of sp³-hybridized carbons (Fsp3) is 0.562. The van der Waals surface area contributed by atoms with Crippen molar-refractivity contribution in [2.45, 2.75) is 50.3 Å². The van der Waals surface area contributed by atoms with Gasteiger partial charge in [-0.2, -0.15) is 26.3 Å². The molecule has 12 heteroatoms. The predicted molar refractivity (Wildman–Crippen MR) is 83.9 cm³/mol. The summed E-state index contributed by atoms with van der Waals surface area (Å²) in [6, 6.07) is 2.23. The summed E-state index contributed by atoms with van der Waals surface area (Å²) in [6.45, 7) is 1.57. The largest absolute Gasteiger partial charge is 0.416 e. The molecule has 3 rings (SSSR count). The molecule has 2 heterocycles. The van der Waals surface area contributed by atoms with E-state index in [4.69, 9.17) is 0 Å². The van der Waals surface area contributed by atoms with Crippen molar-refractivity contribution in [1.82, 2.24) is 21.1 Å². The van der Waals surface area contributed by atoms with Crippen LogP contribution in [0.2, 0.25) is 0 Å². The van der Waals surface area contributed by atoms with E-state index in [1.165, 1.54) is 17.1 Å². The summed E-state index contributed by atoms with van der Waals surface area (Å²) < 4.78 is 76.9. The van der Waals surface area contributed by atoms with Crippen LogP contribution in [-0.2, 0) is 11.0 Å². The first kappa shape index (κ1) is 20.8. The Morgan fingerprint density at radius 2 is 1.75 bits per heavy atom. The Morgan fingerprint density at radius 3 is 2.29 bits per heavy atom. The zero-order valence-electron chi connectivity index (χ0n) is 14.5. The molecule has 2 fully saturated rings. The van der Waals surface area contributed by atoms with Gasteiger partial charge < -0.3 is 10.4 Å². The van der Waals surface area contributed by atoms with Crippen LogP contribution in [0.4, 0.5) is 26.3 Å². The summed E-state index contributed by atoms with van der Waals surface area (Å²) >= 11 is 0. The second kappa shape index (κ2) is 7.17. The summed E-state index contributed by atoms with van der Waals surface area (Å²) in [5.41, 5.74) is 2.19. The first-order valence-corrected chi connectivity index (χ1v) is 8.40. The van der Waals surface area contributed by atoms with Crippen LogP contribution < -0.4 is 16.1 Å². The molecule has 2 aliphatic heterocycles. The van der Waals surface area contributed by atoms with E-state index in [1.807, 2.05) is 0 Å². The lowest BCUT2D eigenvalue weighted by Crippen LogP contribution is -2.64. The number of benzene rings is 1. The molecular formula is C16H18F6N4O2. The van der Waals surface area contributed by atoms with E-state index in [2.05, 4.69) is 16.1 Å². The maximum Gasteiger partial charge on any atom is 0.416 e. The smallest absolute Gasteiger partial charge is 0.361 e. The van der Waals surface area contributed by atoms with Gasteiger partial charge in [0.05, 0.1) is 24.1 Å². The van der Waals surface area contributed by atoms with E-state index < -0.39 is 60.8 Å². The highest BCUT2D eigenvalue weighted by Crippen LogP contribution is 2.37.